The largest absolute Gasteiger partial charge is 0.294 e. The quantitative estimate of drug-likeness (QED) is 0.451. The lowest BCUT2D eigenvalue weighted by Crippen LogP contribution is -2.11. The third kappa shape index (κ3) is 0.770. The van der Waals surface area contributed by atoms with Gasteiger partial charge in [0.1, 0.15) is 0 Å². The molecule has 3 atom stereocenters. The molecular formula is C7H13N. The lowest BCUT2D eigenvalue weighted by atomic mass is 9.95. The van der Waals surface area contributed by atoms with E-state index in [0.29, 0.717) is 12.0 Å². The van der Waals surface area contributed by atoms with E-state index >= 15 is 0 Å². The molecule has 0 spiro atoms. The van der Waals surface area contributed by atoms with Crippen LogP contribution in [0.1, 0.15) is 20.8 Å². The maximum Gasteiger partial charge on any atom is 0.0499 e. The van der Waals surface area contributed by atoms with Crippen LogP contribution in [0, 0.1) is 11.8 Å². The van der Waals surface area contributed by atoms with Crippen LogP contribution in [0.5, 0.6) is 0 Å². The molecule has 0 amide bonds. The average molecular weight is 111 g/mol. The van der Waals surface area contributed by atoms with E-state index in [9.17, 15) is 0 Å². The maximum atomic E-state index is 4.27. The van der Waals surface area contributed by atoms with Crippen LogP contribution in [0.2, 0.25) is 0 Å². The normalized spacial score (nSPS) is 45.6. The number of nitrogens with zero attached hydrogens (tertiary/aromatic N) is 1. The Hall–Kier alpha value is -0.330. The van der Waals surface area contributed by atoms with Gasteiger partial charge in [-0.25, -0.2) is 0 Å². The minimum Gasteiger partial charge on any atom is -0.294 e. The molecule has 0 aliphatic carbocycles. The molecule has 1 rings (SSSR count). The highest BCUT2D eigenvalue weighted by Crippen LogP contribution is 2.21. The molecule has 0 radical (unpaired) electrons. The van der Waals surface area contributed by atoms with Gasteiger partial charge >= 0.3 is 0 Å². The monoisotopic (exact) mass is 111 g/mol. The first-order valence-electron chi connectivity index (χ1n) is 3.25. The molecule has 0 bridgehead atoms. The van der Waals surface area contributed by atoms with E-state index in [2.05, 4.69) is 32.0 Å². The molecule has 1 heteroatoms. The zero-order chi connectivity index (χ0) is 6.15. The highest BCUT2D eigenvalue weighted by molar-refractivity contribution is 5.63. The van der Waals surface area contributed by atoms with Gasteiger partial charge in [0.05, 0.1) is 0 Å². The summed E-state index contributed by atoms with van der Waals surface area (Å²) in [6.45, 7) is 6.64. The van der Waals surface area contributed by atoms with Crippen molar-refractivity contribution in [2.24, 2.45) is 16.8 Å². The number of aliphatic imine (C=N–C) groups is 1. The van der Waals surface area contributed by atoms with Gasteiger partial charge in [-0.3, -0.25) is 4.99 Å². The molecule has 0 aromatic rings. The van der Waals surface area contributed by atoms with Gasteiger partial charge in [0, 0.05) is 12.3 Å². The van der Waals surface area contributed by atoms with Crippen molar-refractivity contribution in [3.8, 4) is 0 Å². The molecule has 0 aromatic heterocycles. The van der Waals surface area contributed by atoms with Crippen molar-refractivity contribution in [2.45, 2.75) is 26.8 Å². The molecule has 1 heterocycles. The molecule has 0 unspecified atom stereocenters. The second-order valence-corrected chi connectivity index (χ2v) is 2.76. The van der Waals surface area contributed by atoms with E-state index in [0.717, 1.165) is 5.92 Å². The Balaban J connectivity index is 2.55. The van der Waals surface area contributed by atoms with Crippen LogP contribution in [-0.2, 0) is 0 Å². The summed E-state index contributed by atoms with van der Waals surface area (Å²) in [7, 11) is 0. The van der Waals surface area contributed by atoms with Gasteiger partial charge in [-0.05, 0) is 18.8 Å². The first-order chi connectivity index (χ1) is 3.72. The van der Waals surface area contributed by atoms with Crippen LogP contribution in [-0.4, -0.2) is 12.3 Å². The molecule has 1 nitrogen and oxygen atoms in total. The van der Waals surface area contributed by atoms with E-state index < -0.39 is 0 Å². The highest BCUT2D eigenvalue weighted by atomic mass is 14.8. The Morgan fingerprint density at radius 2 is 1.88 bits per heavy atom. The fraction of sp³-hybridized carbons (Fsp3) is 0.857. The average Bonchev–Trinajstić information content (AvgIpc) is 1.98. The Morgan fingerprint density at radius 3 is 2.00 bits per heavy atom. The third-order valence-corrected chi connectivity index (χ3v) is 2.15. The summed E-state index contributed by atoms with van der Waals surface area (Å²) in [5, 5.41) is 0. The van der Waals surface area contributed by atoms with Crippen LogP contribution in [0.15, 0.2) is 4.99 Å². The maximum absolute atomic E-state index is 4.27. The van der Waals surface area contributed by atoms with Gasteiger partial charge in [-0.15, -0.1) is 0 Å². The number of hydrogen-bond acceptors (Lipinski definition) is 1. The summed E-state index contributed by atoms with van der Waals surface area (Å²) in [5.41, 5.74) is 0. The lowest BCUT2D eigenvalue weighted by Gasteiger charge is -2.10. The Bertz CT molecular complexity index is 95.0. The zero-order valence-electron chi connectivity index (χ0n) is 5.76. The predicted octanol–water partition coefficient (Wildman–Crippen LogP) is 1.73. The van der Waals surface area contributed by atoms with Crippen LogP contribution in [0.4, 0.5) is 0 Å². The predicted molar refractivity (Wildman–Crippen MR) is 36.3 cm³/mol. The van der Waals surface area contributed by atoms with Gasteiger partial charge in [-0.2, -0.15) is 0 Å². The zero-order valence-corrected chi connectivity index (χ0v) is 5.76. The van der Waals surface area contributed by atoms with Crippen molar-refractivity contribution in [1.82, 2.24) is 0 Å². The Kier molecular flexibility index (Phi) is 1.37. The minimum atomic E-state index is 0.560. The van der Waals surface area contributed by atoms with Gasteiger partial charge in [-0.1, -0.05) is 13.8 Å². The molecule has 0 fully saturated rings. The first-order valence-corrected chi connectivity index (χ1v) is 3.25. The van der Waals surface area contributed by atoms with E-state index in [1.807, 2.05) is 0 Å². The second kappa shape index (κ2) is 1.88. The third-order valence-electron chi connectivity index (χ3n) is 2.15. The summed E-state index contributed by atoms with van der Waals surface area (Å²) < 4.78 is 0. The molecule has 0 saturated carbocycles. The molecule has 46 valence electrons. The minimum absolute atomic E-state index is 0.560. The van der Waals surface area contributed by atoms with E-state index in [1.54, 1.807) is 0 Å². The summed E-state index contributed by atoms with van der Waals surface area (Å²) in [6, 6.07) is 0.560. The van der Waals surface area contributed by atoms with Crippen LogP contribution in [0.3, 0.4) is 0 Å². The molecule has 1 aliphatic heterocycles. The molecule has 1 aliphatic rings. The van der Waals surface area contributed by atoms with E-state index in [1.165, 1.54) is 0 Å². The second-order valence-electron chi connectivity index (χ2n) is 2.76. The van der Waals surface area contributed by atoms with Gasteiger partial charge in [0.2, 0.25) is 0 Å². The standard InChI is InChI=1S/C7H13N/c1-5-4-8-7(3)6(5)2/h4-7H,1-3H3/t5-,6+,7-/m1/s1. The van der Waals surface area contributed by atoms with Crippen molar-refractivity contribution >= 4 is 6.21 Å². The number of rotatable bonds is 0. The molecule has 0 saturated heterocycles. The van der Waals surface area contributed by atoms with Gasteiger partial charge in [0.25, 0.3) is 0 Å². The summed E-state index contributed by atoms with van der Waals surface area (Å²) in [6.07, 6.45) is 2.06. The van der Waals surface area contributed by atoms with Crippen molar-refractivity contribution in [3.05, 3.63) is 0 Å². The summed E-state index contributed by atoms with van der Waals surface area (Å²) in [4.78, 5) is 4.27. The molecule has 0 aromatic carbocycles. The van der Waals surface area contributed by atoms with Gasteiger partial charge in [0.15, 0.2) is 0 Å². The Morgan fingerprint density at radius 1 is 1.25 bits per heavy atom. The first kappa shape index (κ1) is 5.80. The molecule has 0 N–H and O–H groups in total. The smallest absolute Gasteiger partial charge is 0.0499 e. The SMILES string of the molecule is C[C@H]1[C@H](C)C=N[C@@H]1C. The highest BCUT2D eigenvalue weighted by Gasteiger charge is 2.21. The van der Waals surface area contributed by atoms with E-state index in [-0.39, 0.29) is 0 Å². The van der Waals surface area contributed by atoms with Crippen molar-refractivity contribution in [1.29, 1.82) is 0 Å². The van der Waals surface area contributed by atoms with Crippen molar-refractivity contribution in [3.63, 3.8) is 0 Å². The van der Waals surface area contributed by atoms with Crippen LogP contribution in [0.25, 0.3) is 0 Å². The van der Waals surface area contributed by atoms with Gasteiger partial charge < -0.3 is 0 Å². The van der Waals surface area contributed by atoms with Crippen molar-refractivity contribution < 1.29 is 0 Å². The number of hydrogen-bond donors (Lipinski definition) is 0. The summed E-state index contributed by atoms with van der Waals surface area (Å²) >= 11 is 0. The van der Waals surface area contributed by atoms with Crippen LogP contribution >= 0.6 is 0 Å². The topological polar surface area (TPSA) is 12.4 Å². The van der Waals surface area contributed by atoms with Crippen LogP contribution < -0.4 is 0 Å². The molecular weight excluding hydrogens is 98.1 g/mol. The molecule has 8 heavy (non-hydrogen) atoms. The Labute approximate surface area is 50.8 Å². The lowest BCUT2D eigenvalue weighted by molar-refractivity contribution is 0.454. The fourth-order valence-corrected chi connectivity index (χ4v) is 0.982. The van der Waals surface area contributed by atoms with Crippen molar-refractivity contribution in [2.75, 3.05) is 0 Å². The fourth-order valence-electron chi connectivity index (χ4n) is 0.982. The van der Waals surface area contributed by atoms with E-state index in [4.69, 9.17) is 0 Å². The summed E-state index contributed by atoms with van der Waals surface area (Å²) in [5.74, 6) is 1.46.